The minimum absolute atomic E-state index is 0.312. The first-order valence-electron chi connectivity index (χ1n) is 5.48. The highest BCUT2D eigenvalue weighted by Crippen LogP contribution is 2.22. The first kappa shape index (κ1) is 12.5. The number of hydrogen-bond acceptors (Lipinski definition) is 2. The Balaban J connectivity index is 2.09. The zero-order valence-corrected chi connectivity index (χ0v) is 10.8. The van der Waals surface area contributed by atoms with Crippen molar-refractivity contribution in [2.24, 2.45) is 0 Å². The third-order valence-electron chi connectivity index (χ3n) is 3.02. The van der Waals surface area contributed by atoms with E-state index in [1.165, 1.54) is 6.07 Å². The fourth-order valence-corrected chi connectivity index (χ4v) is 2.41. The van der Waals surface area contributed by atoms with Gasteiger partial charge in [-0.15, -0.1) is 0 Å². The molecule has 0 saturated carbocycles. The van der Waals surface area contributed by atoms with Crippen LogP contribution >= 0.6 is 15.9 Å². The Kier molecular flexibility index (Phi) is 3.79. The number of nitrogens with zero attached hydrogens (tertiary/aromatic N) is 1. The maximum absolute atomic E-state index is 13.3. The van der Waals surface area contributed by atoms with Gasteiger partial charge in [0.1, 0.15) is 11.9 Å². The Morgan fingerprint density at radius 2 is 2.35 bits per heavy atom. The molecule has 0 aliphatic carbocycles. The standard InChI is InChI=1S/C12H13BrFNO2/c13-9-4-3-8(6-10(9)14)7-15-5-1-2-11(15)12(16)17/h3-4,6,11H,1-2,5,7H2,(H,16,17). The van der Waals surface area contributed by atoms with Gasteiger partial charge in [0.2, 0.25) is 0 Å². The Hall–Kier alpha value is -0.940. The number of benzene rings is 1. The molecule has 0 radical (unpaired) electrons. The number of halogens is 2. The lowest BCUT2D eigenvalue weighted by molar-refractivity contribution is -0.142. The van der Waals surface area contributed by atoms with Gasteiger partial charge in [0.25, 0.3) is 0 Å². The second-order valence-electron chi connectivity index (χ2n) is 4.22. The maximum atomic E-state index is 13.3. The molecular weight excluding hydrogens is 289 g/mol. The van der Waals surface area contributed by atoms with E-state index in [4.69, 9.17) is 5.11 Å². The van der Waals surface area contributed by atoms with Crippen LogP contribution in [0.5, 0.6) is 0 Å². The quantitative estimate of drug-likeness (QED) is 0.933. The summed E-state index contributed by atoms with van der Waals surface area (Å²) in [5.74, 6) is -1.10. The molecule has 0 amide bonds. The number of hydrogen-bond donors (Lipinski definition) is 1. The van der Waals surface area contributed by atoms with E-state index in [2.05, 4.69) is 15.9 Å². The van der Waals surface area contributed by atoms with Crippen molar-refractivity contribution in [1.82, 2.24) is 4.90 Å². The molecule has 1 saturated heterocycles. The van der Waals surface area contributed by atoms with Crippen molar-refractivity contribution in [2.45, 2.75) is 25.4 Å². The number of carbonyl (C=O) groups is 1. The fourth-order valence-electron chi connectivity index (χ4n) is 2.17. The van der Waals surface area contributed by atoms with Crippen molar-refractivity contribution in [2.75, 3.05) is 6.54 Å². The Labute approximate surface area is 107 Å². The molecular formula is C12H13BrFNO2. The number of rotatable bonds is 3. The summed E-state index contributed by atoms with van der Waals surface area (Å²) in [4.78, 5) is 12.9. The van der Waals surface area contributed by atoms with Crippen LogP contribution in [-0.4, -0.2) is 28.6 Å². The molecule has 1 aliphatic rings. The highest BCUT2D eigenvalue weighted by atomic mass is 79.9. The third-order valence-corrected chi connectivity index (χ3v) is 3.66. The van der Waals surface area contributed by atoms with Crippen molar-refractivity contribution in [3.63, 3.8) is 0 Å². The van der Waals surface area contributed by atoms with E-state index in [-0.39, 0.29) is 5.82 Å². The van der Waals surface area contributed by atoms with Gasteiger partial charge in [0, 0.05) is 6.54 Å². The summed E-state index contributed by atoms with van der Waals surface area (Å²) >= 11 is 3.09. The first-order chi connectivity index (χ1) is 8.08. The summed E-state index contributed by atoms with van der Waals surface area (Å²) in [5, 5.41) is 9.04. The molecule has 0 bridgehead atoms. The molecule has 1 aromatic carbocycles. The van der Waals surface area contributed by atoms with E-state index in [1.807, 2.05) is 11.0 Å². The molecule has 1 heterocycles. The van der Waals surface area contributed by atoms with Crippen molar-refractivity contribution in [3.05, 3.63) is 34.1 Å². The average Bonchev–Trinajstić information content (AvgIpc) is 2.72. The molecule has 1 atom stereocenters. The summed E-state index contributed by atoms with van der Waals surface area (Å²) in [6.45, 7) is 1.25. The van der Waals surface area contributed by atoms with E-state index < -0.39 is 12.0 Å². The molecule has 0 spiro atoms. The molecule has 1 aromatic rings. The Morgan fingerprint density at radius 1 is 1.59 bits per heavy atom. The van der Waals surface area contributed by atoms with Crippen molar-refractivity contribution < 1.29 is 14.3 Å². The minimum Gasteiger partial charge on any atom is -0.480 e. The fraction of sp³-hybridized carbons (Fsp3) is 0.417. The van der Waals surface area contributed by atoms with Crippen molar-refractivity contribution >= 4 is 21.9 Å². The van der Waals surface area contributed by atoms with Gasteiger partial charge in [0.15, 0.2) is 0 Å². The zero-order chi connectivity index (χ0) is 12.4. The molecule has 92 valence electrons. The predicted molar refractivity (Wildman–Crippen MR) is 65.2 cm³/mol. The molecule has 2 rings (SSSR count). The molecule has 17 heavy (non-hydrogen) atoms. The van der Waals surface area contributed by atoms with E-state index >= 15 is 0 Å². The normalized spacial score (nSPS) is 20.7. The lowest BCUT2D eigenvalue weighted by Crippen LogP contribution is -2.35. The second kappa shape index (κ2) is 5.14. The zero-order valence-electron chi connectivity index (χ0n) is 9.20. The van der Waals surface area contributed by atoms with Gasteiger partial charge in [-0.05, 0) is 53.0 Å². The summed E-state index contributed by atoms with van der Waals surface area (Å²) in [7, 11) is 0. The van der Waals surface area contributed by atoms with Gasteiger partial charge < -0.3 is 5.11 Å². The lowest BCUT2D eigenvalue weighted by atomic mass is 10.2. The van der Waals surface area contributed by atoms with E-state index in [9.17, 15) is 9.18 Å². The molecule has 1 N–H and O–H groups in total. The van der Waals surface area contributed by atoms with Gasteiger partial charge in [-0.3, -0.25) is 9.69 Å². The van der Waals surface area contributed by atoms with Crippen LogP contribution in [0.3, 0.4) is 0 Å². The number of likely N-dealkylation sites (tertiary alicyclic amines) is 1. The molecule has 1 fully saturated rings. The number of aliphatic carboxylic acids is 1. The maximum Gasteiger partial charge on any atom is 0.320 e. The van der Waals surface area contributed by atoms with Gasteiger partial charge in [-0.1, -0.05) is 6.07 Å². The summed E-state index contributed by atoms with van der Waals surface area (Å²) in [6.07, 6.45) is 1.56. The van der Waals surface area contributed by atoms with Crippen LogP contribution in [0.1, 0.15) is 18.4 Å². The summed E-state index contributed by atoms with van der Waals surface area (Å²) in [6, 6.07) is 4.48. The molecule has 3 nitrogen and oxygen atoms in total. The van der Waals surface area contributed by atoms with Crippen molar-refractivity contribution in [3.8, 4) is 0 Å². The predicted octanol–water partition coefficient (Wildman–Crippen LogP) is 2.64. The van der Waals surface area contributed by atoms with Gasteiger partial charge >= 0.3 is 5.97 Å². The van der Waals surface area contributed by atoms with Crippen LogP contribution in [0.25, 0.3) is 0 Å². The smallest absolute Gasteiger partial charge is 0.320 e. The minimum atomic E-state index is -0.792. The summed E-state index contributed by atoms with van der Waals surface area (Å²) in [5.41, 5.74) is 0.804. The van der Waals surface area contributed by atoms with Crippen LogP contribution in [0, 0.1) is 5.82 Å². The van der Waals surface area contributed by atoms with E-state index in [1.54, 1.807) is 6.07 Å². The van der Waals surface area contributed by atoms with Gasteiger partial charge in [-0.2, -0.15) is 0 Å². The van der Waals surface area contributed by atoms with Gasteiger partial charge in [0.05, 0.1) is 4.47 Å². The van der Waals surface area contributed by atoms with Crippen molar-refractivity contribution in [1.29, 1.82) is 0 Å². The topological polar surface area (TPSA) is 40.5 Å². The second-order valence-corrected chi connectivity index (χ2v) is 5.07. The molecule has 1 aliphatic heterocycles. The Morgan fingerprint density at radius 3 is 3.00 bits per heavy atom. The average molecular weight is 302 g/mol. The summed E-state index contributed by atoms with van der Waals surface area (Å²) < 4.78 is 13.8. The Bertz CT molecular complexity index is 439. The monoisotopic (exact) mass is 301 g/mol. The first-order valence-corrected chi connectivity index (χ1v) is 6.28. The SMILES string of the molecule is O=C(O)C1CCCN1Cc1ccc(Br)c(F)c1. The van der Waals surface area contributed by atoms with Crippen LogP contribution < -0.4 is 0 Å². The van der Waals surface area contributed by atoms with E-state index in [0.29, 0.717) is 17.4 Å². The molecule has 5 heteroatoms. The van der Waals surface area contributed by atoms with Crippen LogP contribution in [-0.2, 0) is 11.3 Å². The molecule has 1 unspecified atom stereocenters. The third kappa shape index (κ3) is 2.84. The largest absolute Gasteiger partial charge is 0.480 e. The lowest BCUT2D eigenvalue weighted by Gasteiger charge is -2.21. The highest BCUT2D eigenvalue weighted by Gasteiger charge is 2.30. The van der Waals surface area contributed by atoms with E-state index in [0.717, 1.165) is 18.5 Å². The number of carboxylic acids is 1. The highest BCUT2D eigenvalue weighted by molar-refractivity contribution is 9.10. The van der Waals surface area contributed by atoms with Crippen LogP contribution in [0.15, 0.2) is 22.7 Å². The van der Waals surface area contributed by atoms with Crippen LogP contribution in [0.4, 0.5) is 4.39 Å². The number of carboxylic acid groups (broad SMARTS) is 1. The van der Waals surface area contributed by atoms with Crippen LogP contribution in [0.2, 0.25) is 0 Å². The molecule has 0 aromatic heterocycles. The van der Waals surface area contributed by atoms with Gasteiger partial charge in [-0.25, -0.2) is 4.39 Å².